The molecule has 2 rings (SSSR count). The van der Waals surface area contributed by atoms with Crippen molar-refractivity contribution in [3.63, 3.8) is 0 Å². The van der Waals surface area contributed by atoms with Crippen LogP contribution in [0.4, 0.5) is 5.69 Å². The Morgan fingerprint density at radius 1 is 1.75 bits per heavy atom. The summed E-state index contributed by atoms with van der Waals surface area (Å²) in [5, 5.41) is 6.74. The quantitative estimate of drug-likeness (QED) is 0.659. The number of aromatic nitrogens is 2. The molecule has 0 aromatic carbocycles. The van der Waals surface area contributed by atoms with Crippen LogP contribution >= 0.6 is 0 Å². The molecule has 1 saturated heterocycles. The minimum Gasteiger partial charge on any atom is -0.369 e. The van der Waals surface area contributed by atoms with Gasteiger partial charge in [0.2, 0.25) is 0 Å². The summed E-state index contributed by atoms with van der Waals surface area (Å²) < 4.78 is 0. The minimum absolute atomic E-state index is 0.667. The second kappa shape index (κ2) is 3.15. The first kappa shape index (κ1) is 7.61. The van der Waals surface area contributed by atoms with Gasteiger partial charge in [0.05, 0.1) is 11.9 Å². The smallest absolute Gasteiger partial charge is 0.0749 e. The van der Waals surface area contributed by atoms with Gasteiger partial charge in [-0.25, -0.2) is 0 Å². The Kier molecular flexibility index (Phi) is 1.99. The monoisotopic (exact) mass is 166 g/mol. The first-order valence-electron chi connectivity index (χ1n) is 4.34. The molecule has 66 valence electrons. The summed E-state index contributed by atoms with van der Waals surface area (Å²) >= 11 is 0. The van der Waals surface area contributed by atoms with Gasteiger partial charge in [-0.15, -0.1) is 0 Å². The zero-order valence-electron chi connectivity index (χ0n) is 7.03. The topological polar surface area (TPSA) is 57.9 Å². The van der Waals surface area contributed by atoms with Crippen LogP contribution in [0.1, 0.15) is 6.42 Å². The Hall–Kier alpha value is -1.03. The van der Waals surface area contributed by atoms with E-state index in [-0.39, 0.29) is 0 Å². The van der Waals surface area contributed by atoms with Gasteiger partial charge in [0, 0.05) is 19.3 Å². The maximum absolute atomic E-state index is 5.60. The molecule has 3 N–H and O–H groups in total. The molecule has 12 heavy (non-hydrogen) atoms. The highest BCUT2D eigenvalue weighted by molar-refractivity contribution is 5.42. The molecular formula is C8H14N4. The molecule has 4 nitrogen and oxygen atoms in total. The minimum atomic E-state index is 0.667. The molecule has 1 aliphatic heterocycles. The third-order valence-corrected chi connectivity index (χ3v) is 2.47. The van der Waals surface area contributed by atoms with Crippen LogP contribution in [0.15, 0.2) is 12.4 Å². The van der Waals surface area contributed by atoms with E-state index < -0.39 is 0 Å². The molecule has 1 unspecified atom stereocenters. The van der Waals surface area contributed by atoms with Crippen molar-refractivity contribution in [2.45, 2.75) is 6.42 Å². The Balaban J connectivity index is 2.00. The number of H-pyrrole nitrogens is 1. The largest absolute Gasteiger partial charge is 0.369 e. The summed E-state index contributed by atoms with van der Waals surface area (Å²) in [4.78, 5) is 2.32. The van der Waals surface area contributed by atoms with Crippen LogP contribution in [0.5, 0.6) is 0 Å². The number of hydrogen-bond acceptors (Lipinski definition) is 3. The van der Waals surface area contributed by atoms with E-state index in [0.717, 1.165) is 19.6 Å². The molecular weight excluding hydrogens is 152 g/mol. The van der Waals surface area contributed by atoms with E-state index in [2.05, 4.69) is 15.1 Å². The van der Waals surface area contributed by atoms with Crippen molar-refractivity contribution in [3.05, 3.63) is 12.4 Å². The number of nitrogens with one attached hydrogen (secondary N) is 1. The summed E-state index contributed by atoms with van der Waals surface area (Å²) in [6.45, 7) is 2.99. The van der Waals surface area contributed by atoms with Crippen LogP contribution in [0.3, 0.4) is 0 Å². The molecule has 1 atom stereocenters. The Bertz CT molecular complexity index is 231. The fraction of sp³-hybridized carbons (Fsp3) is 0.625. The van der Waals surface area contributed by atoms with Gasteiger partial charge in [0.1, 0.15) is 0 Å². The highest BCUT2D eigenvalue weighted by Crippen LogP contribution is 2.21. The Morgan fingerprint density at radius 2 is 2.67 bits per heavy atom. The molecule has 2 heterocycles. The van der Waals surface area contributed by atoms with Crippen LogP contribution < -0.4 is 10.6 Å². The van der Waals surface area contributed by atoms with Crippen LogP contribution in [0.2, 0.25) is 0 Å². The van der Waals surface area contributed by atoms with Crippen molar-refractivity contribution in [2.75, 3.05) is 24.5 Å². The van der Waals surface area contributed by atoms with Crippen LogP contribution in [-0.2, 0) is 0 Å². The van der Waals surface area contributed by atoms with Crippen molar-refractivity contribution in [3.8, 4) is 0 Å². The van der Waals surface area contributed by atoms with Crippen molar-refractivity contribution in [1.29, 1.82) is 0 Å². The van der Waals surface area contributed by atoms with Gasteiger partial charge in [-0.3, -0.25) is 5.10 Å². The fourth-order valence-corrected chi connectivity index (χ4v) is 1.68. The van der Waals surface area contributed by atoms with Gasteiger partial charge in [-0.05, 0) is 18.9 Å². The van der Waals surface area contributed by atoms with Crippen molar-refractivity contribution in [2.24, 2.45) is 11.7 Å². The number of hydrogen-bond donors (Lipinski definition) is 2. The standard InChI is InChI=1S/C8H14N4/c9-3-7-1-2-12(6-7)8-4-10-11-5-8/h4-5,7H,1-3,6,9H2,(H,10,11). The first-order valence-corrected chi connectivity index (χ1v) is 4.34. The normalized spacial score (nSPS) is 23.4. The predicted octanol–water partition coefficient (Wildman–Crippen LogP) is 0.195. The van der Waals surface area contributed by atoms with Gasteiger partial charge in [-0.2, -0.15) is 5.10 Å². The van der Waals surface area contributed by atoms with E-state index >= 15 is 0 Å². The maximum Gasteiger partial charge on any atom is 0.0749 e. The van der Waals surface area contributed by atoms with Crippen LogP contribution in [0.25, 0.3) is 0 Å². The van der Waals surface area contributed by atoms with Crippen LogP contribution in [-0.4, -0.2) is 29.8 Å². The second-order valence-corrected chi connectivity index (χ2v) is 3.29. The number of nitrogens with zero attached hydrogens (tertiary/aromatic N) is 2. The van der Waals surface area contributed by atoms with Crippen molar-refractivity contribution in [1.82, 2.24) is 10.2 Å². The number of rotatable bonds is 2. The molecule has 0 amide bonds. The summed E-state index contributed by atoms with van der Waals surface area (Å²) in [5.41, 5.74) is 6.79. The lowest BCUT2D eigenvalue weighted by Crippen LogP contribution is -2.22. The Morgan fingerprint density at radius 3 is 3.25 bits per heavy atom. The molecule has 0 aliphatic carbocycles. The van der Waals surface area contributed by atoms with E-state index in [9.17, 15) is 0 Å². The van der Waals surface area contributed by atoms with E-state index in [4.69, 9.17) is 5.73 Å². The van der Waals surface area contributed by atoms with E-state index in [1.807, 2.05) is 12.4 Å². The number of anilines is 1. The molecule has 1 aromatic heterocycles. The van der Waals surface area contributed by atoms with E-state index in [1.54, 1.807) is 0 Å². The average molecular weight is 166 g/mol. The lowest BCUT2D eigenvalue weighted by Gasteiger charge is -2.14. The molecule has 4 heteroatoms. The fourth-order valence-electron chi connectivity index (χ4n) is 1.68. The summed E-state index contributed by atoms with van der Waals surface area (Å²) in [6, 6.07) is 0. The molecule has 0 saturated carbocycles. The summed E-state index contributed by atoms with van der Waals surface area (Å²) in [7, 11) is 0. The maximum atomic E-state index is 5.60. The molecule has 0 bridgehead atoms. The van der Waals surface area contributed by atoms with Gasteiger partial charge < -0.3 is 10.6 Å². The molecule has 1 aromatic rings. The lowest BCUT2D eigenvalue weighted by atomic mass is 10.1. The number of aromatic amines is 1. The predicted molar refractivity (Wildman–Crippen MR) is 48.0 cm³/mol. The SMILES string of the molecule is NCC1CCN(c2cn[nH]c2)C1. The van der Waals surface area contributed by atoms with Crippen LogP contribution in [0, 0.1) is 5.92 Å². The lowest BCUT2D eigenvalue weighted by molar-refractivity contribution is 0.603. The van der Waals surface area contributed by atoms with E-state index in [1.165, 1.54) is 12.1 Å². The first-order chi connectivity index (χ1) is 5.90. The number of nitrogens with two attached hydrogens (primary N) is 1. The highest BCUT2D eigenvalue weighted by atomic mass is 15.2. The van der Waals surface area contributed by atoms with Crippen molar-refractivity contribution >= 4 is 5.69 Å². The third-order valence-electron chi connectivity index (χ3n) is 2.47. The third kappa shape index (κ3) is 1.30. The average Bonchev–Trinajstić information content (AvgIpc) is 2.75. The van der Waals surface area contributed by atoms with Gasteiger partial charge in [0.15, 0.2) is 0 Å². The zero-order valence-corrected chi connectivity index (χ0v) is 7.03. The summed E-state index contributed by atoms with van der Waals surface area (Å²) in [5.74, 6) is 0.667. The molecule has 0 radical (unpaired) electrons. The highest BCUT2D eigenvalue weighted by Gasteiger charge is 2.21. The molecule has 0 spiro atoms. The summed E-state index contributed by atoms with van der Waals surface area (Å²) in [6.07, 6.45) is 5.00. The van der Waals surface area contributed by atoms with Gasteiger partial charge in [0.25, 0.3) is 0 Å². The van der Waals surface area contributed by atoms with Gasteiger partial charge >= 0.3 is 0 Å². The second-order valence-electron chi connectivity index (χ2n) is 3.29. The van der Waals surface area contributed by atoms with Crippen molar-refractivity contribution < 1.29 is 0 Å². The van der Waals surface area contributed by atoms with E-state index in [0.29, 0.717) is 5.92 Å². The molecule has 1 fully saturated rings. The Labute approximate surface area is 71.7 Å². The zero-order chi connectivity index (χ0) is 8.39. The molecule has 1 aliphatic rings. The van der Waals surface area contributed by atoms with Gasteiger partial charge in [-0.1, -0.05) is 0 Å².